The first-order valence-corrected chi connectivity index (χ1v) is 19.3. The molecule has 0 radical (unpaired) electrons. The van der Waals surface area contributed by atoms with Gasteiger partial charge in [-0.1, -0.05) is 52.8 Å². The van der Waals surface area contributed by atoms with Gasteiger partial charge in [-0.3, -0.25) is 14.4 Å². The van der Waals surface area contributed by atoms with Gasteiger partial charge in [-0.05, 0) is 52.2 Å². The molecule has 4 fully saturated rings. The summed E-state index contributed by atoms with van der Waals surface area (Å²) in [6.07, 6.45) is -9.04. The number of fused-ring (bicyclic) bond motifs is 5. The summed E-state index contributed by atoms with van der Waals surface area (Å²) in [5.74, 6) is -8.87. The first kappa shape index (κ1) is 43.2. The van der Waals surface area contributed by atoms with Crippen LogP contribution in [-0.2, 0) is 42.9 Å². The number of carbonyl (C=O) groups is 6. The number of benzene rings is 1. The molecule has 15 heteroatoms. The monoisotopic (exact) mass is 787 g/mol. The van der Waals surface area contributed by atoms with Crippen molar-refractivity contribution in [2.45, 2.75) is 142 Å². The topological polar surface area (TPSA) is 221 Å². The normalized spacial score (nSPS) is 35.9. The van der Waals surface area contributed by atoms with Gasteiger partial charge in [0.2, 0.25) is 11.6 Å². The van der Waals surface area contributed by atoms with E-state index in [0.29, 0.717) is 0 Å². The van der Waals surface area contributed by atoms with Crippen molar-refractivity contribution in [2.75, 3.05) is 6.61 Å². The average Bonchev–Trinajstić information content (AvgIpc) is 3.08. The number of nitrogens with one attached hydrogen (secondary N) is 1. The molecule has 3 saturated carbocycles. The van der Waals surface area contributed by atoms with E-state index in [-0.39, 0.29) is 30.9 Å². The van der Waals surface area contributed by atoms with Gasteiger partial charge in [-0.2, -0.15) is 0 Å². The van der Waals surface area contributed by atoms with Crippen LogP contribution < -0.4 is 5.32 Å². The van der Waals surface area contributed by atoms with E-state index < -0.39 is 124 Å². The number of aliphatic hydroxyl groups is 3. The van der Waals surface area contributed by atoms with Crippen molar-refractivity contribution in [3.63, 3.8) is 0 Å². The minimum Gasteiger partial charge on any atom is -0.460 e. The van der Waals surface area contributed by atoms with Gasteiger partial charge in [0.15, 0.2) is 11.7 Å². The maximum Gasteiger partial charge on any atom is 0.407 e. The quantitative estimate of drug-likeness (QED) is 0.161. The van der Waals surface area contributed by atoms with E-state index in [1.807, 2.05) is 13.8 Å². The molecule has 3 unspecified atom stereocenters. The molecule has 2 bridgehead atoms. The zero-order valence-electron chi connectivity index (χ0n) is 33.8. The molecular weight excluding hydrogens is 730 g/mol. The van der Waals surface area contributed by atoms with Gasteiger partial charge in [-0.15, -0.1) is 0 Å². The van der Waals surface area contributed by atoms with E-state index in [9.17, 15) is 44.1 Å². The molecule has 1 aliphatic heterocycles. The molecule has 1 aromatic rings. The summed E-state index contributed by atoms with van der Waals surface area (Å²) in [4.78, 5) is 83.0. The number of rotatable bonds is 9. The summed E-state index contributed by atoms with van der Waals surface area (Å²) in [7, 11) is 0. The molecule has 56 heavy (non-hydrogen) atoms. The number of Topliss-reactive ketones (excluding diaryl/α,β-unsaturated/α-hetero) is 2. The number of carbonyl (C=O) groups excluding carboxylic acids is 6. The van der Waals surface area contributed by atoms with Crippen LogP contribution in [0.5, 0.6) is 0 Å². The predicted octanol–water partition coefficient (Wildman–Crippen LogP) is 3.08. The summed E-state index contributed by atoms with van der Waals surface area (Å²) in [6.45, 7) is 15.5. The van der Waals surface area contributed by atoms with Gasteiger partial charge in [-0.25, -0.2) is 14.4 Å². The van der Waals surface area contributed by atoms with Gasteiger partial charge in [0.25, 0.3) is 0 Å². The van der Waals surface area contributed by atoms with Crippen LogP contribution in [0.15, 0.2) is 30.3 Å². The van der Waals surface area contributed by atoms with Gasteiger partial charge in [0, 0.05) is 37.0 Å². The second kappa shape index (κ2) is 15.1. The van der Waals surface area contributed by atoms with E-state index in [0.717, 1.165) is 6.92 Å². The zero-order chi connectivity index (χ0) is 41.9. The number of hydrogen-bond donors (Lipinski definition) is 4. The molecule has 3 aliphatic carbocycles. The molecule has 15 nitrogen and oxygen atoms in total. The molecule has 4 N–H and O–H groups in total. The van der Waals surface area contributed by atoms with Crippen LogP contribution in [0.4, 0.5) is 4.79 Å². The van der Waals surface area contributed by atoms with E-state index in [1.54, 1.807) is 59.7 Å². The van der Waals surface area contributed by atoms with E-state index >= 15 is 0 Å². The minimum atomic E-state index is -2.33. The lowest BCUT2D eigenvalue weighted by atomic mass is 9.42. The Morgan fingerprint density at radius 3 is 2.20 bits per heavy atom. The molecule has 12 atom stereocenters. The van der Waals surface area contributed by atoms with E-state index in [2.05, 4.69) is 5.32 Å². The Kier molecular flexibility index (Phi) is 11.7. The molecule has 310 valence electrons. The van der Waals surface area contributed by atoms with Crippen molar-refractivity contribution in [1.82, 2.24) is 5.32 Å². The molecule has 1 heterocycles. The highest BCUT2D eigenvalue weighted by Gasteiger charge is 2.79. The highest BCUT2D eigenvalue weighted by Crippen LogP contribution is 2.64. The summed E-state index contributed by atoms with van der Waals surface area (Å²) >= 11 is 0. The Labute approximate surface area is 327 Å². The molecule has 5 rings (SSSR count). The van der Waals surface area contributed by atoms with Crippen LogP contribution in [0.1, 0.15) is 98.9 Å². The first-order valence-electron chi connectivity index (χ1n) is 19.3. The molecule has 1 saturated heterocycles. The van der Waals surface area contributed by atoms with Crippen molar-refractivity contribution < 1.29 is 67.8 Å². The smallest absolute Gasteiger partial charge is 0.407 e. The second-order valence-corrected chi connectivity index (χ2v) is 18.2. The molecule has 1 amide bonds. The summed E-state index contributed by atoms with van der Waals surface area (Å²) in [5, 5.41) is 39.1. The standard InChI is InChI=1S/C41H57NO14/c1-20(2)16-24(42-36(50)56-37(5,6)7)29(45)35(49)53-25-18-41(51)33(54-34(48)23-14-12-11-13-15-23)31-39(10,32(47)30(46)28(21(25)3)38(41,8)9)26(44)17-27-40(31,19-52-27)55-22(4)43/h11-15,20-21,24-29,31,33,44-45,51H,16-19H2,1-10H3,(H,42,50)/t21?,24-,25-,26-,27+,28?,29?,31-,33-,39+,40-,41+/m0/s1. The zero-order valence-corrected chi connectivity index (χ0v) is 33.8. The number of ether oxygens (including phenoxy) is 5. The van der Waals surface area contributed by atoms with Crippen molar-refractivity contribution >= 4 is 35.6 Å². The van der Waals surface area contributed by atoms with Crippen LogP contribution in [0.25, 0.3) is 0 Å². The lowest BCUT2D eigenvalue weighted by Gasteiger charge is -2.67. The highest BCUT2D eigenvalue weighted by molar-refractivity contribution is 6.40. The van der Waals surface area contributed by atoms with Gasteiger partial charge >= 0.3 is 24.0 Å². The van der Waals surface area contributed by atoms with Gasteiger partial charge in [0.1, 0.15) is 29.5 Å². The third kappa shape index (κ3) is 7.35. The van der Waals surface area contributed by atoms with E-state index in [4.69, 9.17) is 23.7 Å². The maximum atomic E-state index is 14.8. The third-order valence-electron chi connectivity index (χ3n) is 12.5. The van der Waals surface area contributed by atoms with Crippen LogP contribution in [0.3, 0.4) is 0 Å². The minimum absolute atomic E-state index is 0.0832. The Hall–Kier alpha value is -3.92. The number of alkyl carbamates (subject to hydrolysis) is 1. The molecule has 4 aliphatic rings. The van der Waals surface area contributed by atoms with E-state index in [1.165, 1.54) is 19.1 Å². The Bertz CT molecular complexity index is 1720. The van der Waals surface area contributed by atoms with Crippen LogP contribution in [0, 0.1) is 34.5 Å². The fraction of sp³-hybridized carbons (Fsp3) is 0.707. The lowest BCUT2D eigenvalue weighted by molar-refractivity contribution is -0.350. The summed E-state index contributed by atoms with van der Waals surface area (Å²) < 4.78 is 29.4. The predicted molar refractivity (Wildman–Crippen MR) is 197 cm³/mol. The third-order valence-corrected chi connectivity index (χ3v) is 12.5. The number of aliphatic hydroxyl groups excluding tert-OH is 2. The average molecular weight is 788 g/mol. The molecule has 0 aromatic heterocycles. The lowest BCUT2D eigenvalue weighted by Crippen LogP contribution is -2.82. The molecule has 0 spiro atoms. The SMILES string of the molecule is CC(=O)O[C@@]12CO[C@@H]1C[C@H](O)[C@@]1(C)C(=O)C(=O)C3C(C)[C@@H](OC(=O)C(O)[C@H](CC(C)C)NC(=O)OC(C)(C)C)C[C@@](O)([C@@H](OC(=O)c4ccccc4)[C@H]21)C3(C)C. The van der Waals surface area contributed by atoms with Crippen molar-refractivity contribution in [3.8, 4) is 0 Å². The number of ketones is 2. The largest absolute Gasteiger partial charge is 0.460 e. The number of amides is 1. The highest BCUT2D eigenvalue weighted by atomic mass is 16.6. The van der Waals surface area contributed by atoms with Crippen LogP contribution >= 0.6 is 0 Å². The van der Waals surface area contributed by atoms with Crippen LogP contribution in [-0.4, -0.2) is 111 Å². The first-order chi connectivity index (χ1) is 25.8. The fourth-order valence-corrected chi connectivity index (χ4v) is 9.69. The summed E-state index contributed by atoms with van der Waals surface area (Å²) in [6, 6.07) is 6.69. The van der Waals surface area contributed by atoms with Gasteiger partial charge in [0.05, 0.1) is 35.6 Å². The molecular formula is C41H57NO14. The van der Waals surface area contributed by atoms with Gasteiger partial charge < -0.3 is 44.3 Å². The fourth-order valence-electron chi connectivity index (χ4n) is 9.69. The number of esters is 3. The maximum absolute atomic E-state index is 14.8. The Morgan fingerprint density at radius 1 is 1.04 bits per heavy atom. The second-order valence-electron chi connectivity index (χ2n) is 18.2. The summed E-state index contributed by atoms with van der Waals surface area (Å²) in [5.41, 5.74) is -8.51. The van der Waals surface area contributed by atoms with Crippen molar-refractivity contribution in [2.24, 2.45) is 34.5 Å². The molecule has 1 aromatic carbocycles. The Balaban J connectivity index is 1.64. The number of hydrogen-bond acceptors (Lipinski definition) is 14. The van der Waals surface area contributed by atoms with Crippen LogP contribution in [0.2, 0.25) is 0 Å². The Morgan fingerprint density at radius 2 is 1.66 bits per heavy atom. The van der Waals surface area contributed by atoms with Crippen molar-refractivity contribution in [3.05, 3.63) is 35.9 Å². The van der Waals surface area contributed by atoms with Crippen molar-refractivity contribution in [1.29, 1.82) is 0 Å².